The number of hydrogen-bond donors (Lipinski definition) is 3. The first-order valence-corrected chi connectivity index (χ1v) is 13.2. The summed E-state index contributed by atoms with van der Waals surface area (Å²) in [6.45, 7) is 4.85. The maximum atomic E-state index is 12.9. The summed E-state index contributed by atoms with van der Waals surface area (Å²) in [7, 11) is -0.520. The Bertz CT molecular complexity index is 1120. The number of tetrazole rings is 1. The molecule has 2 saturated heterocycles. The summed E-state index contributed by atoms with van der Waals surface area (Å²) in [5.41, 5.74) is 7.00. The summed E-state index contributed by atoms with van der Waals surface area (Å²) >= 11 is 0. The van der Waals surface area contributed by atoms with Crippen molar-refractivity contribution in [3.8, 4) is 11.4 Å². The number of benzene rings is 1. The van der Waals surface area contributed by atoms with Gasteiger partial charge in [0.05, 0.1) is 12.7 Å². The van der Waals surface area contributed by atoms with Crippen LogP contribution in [-0.4, -0.2) is 112 Å². The minimum absolute atomic E-state index is 0.0831. The zero-order valence-corrected chi connectivity index (χ0v) is 21.8. The number of ether oxygens (including phenoxy) is 1. The van der Waals surface area contributed by atoms with Crippen LogP contribution in [0.3, 0.4) is 0 Å². The number of piperazine rings is 1. The normalized spacial score (nSPS) is 22.5. The maximum Gasteiger partial charge on any atom is 0.261 e. The van der Waals surface area contributed by atoms with Crippen LogP contribution in [0, 0.1) is 0 Å². The lowest BCUT2D eigenvalue weighted by molar-refractivity contribution is -0.114. The maximum absolute atomic E-state index is 12.9. The van der Waals surface area contributed by atoms with Crippen LogP contribution in [0.5, 0.6) is 0 Å². The molecule has 3 heterocycles. The summed E-state index contributed by atoms with van der Waals surface area (Å²) in [6, 6.07) is 7.07. The number of H-pyrrole nitrogens is 1. The number of primary amides is 1. The number of carbonyl (C=O) groups excluding carboxylic acids is 2. The Balaban J connectivity index is 1.22. The minimum atomic E-state index is -2.47. The number of nitrogens with zero attached hydrogens (tertiary/aromatic N) is 6. The molecule has 0 spiro atoms. The zero-order chi connectivity index (χ0) is 26.4. The molecule has 2 aliphatic heterocycles. The van der Waals surface area contributed by atoms with E-state index in [9.17, 15) is 14.2 Å². The van der Waals surface area contributed by atoms with Crippen molar-refractivity contribution in [2.24, 2.45) is 5.73 Å². The van der Waals surface area contributed by atoms with Crippen LogP contribution in [0.1, 0.15) is 17.3 Å². The number of likely N-dealkylation sites (N-methyl/N-ethyl adjacent to an activating group) is 1. The topological polar surface area (TPSA) is 172 Å². The van der Waals surface area contributed by atoms with Crippen LogP contribution in [0.4, 0.5) is 0 Å². The Labute approximate surface area is 215 Å². The second-order valence-electron chi connectivity index (χ2n) is 9.01. The molecule has 0 aliphatic carbocycles. The molecular formula is C22H32N9O5P. The van der Waals surface area contributed by atoms with Gasteiger partial charge in [-0.1, -0.05) is 12.1 Å². The van der Waals surface area contributed by atoms with Gasteiger partial charge >= 0.3 is 0 Å². The van der Waals surface area contributed by atoms with Crippen molar-refractivity contribution < 1.29 is 23.4 Å². The van der Waals surface area contributed by atoms with Crippen LogP contribution in [0.2, 0.25) is 0 Å². The second-order valence-corrected chi connectivity index (χ2v) is 10.5. The highest BCUT2D eigenvalue weighted by molar-refractivity contribution is 7.36. The molecule has 2 aliphatic rings. The fourth-order valence-electron chi connectivity index (χ4n) is 4.08. The first-order chi connectivity index (χ1) is 17.8. The predicted octanol–water partition coefficient (Wildman–Crippen LogP) is -0.334. The molecule has 3 atom stereocenters. The van der Waals surface area contributed by atoms with Crippen molar-refractivity contribution in [1.29, 1.82) is 0 Å². The number of hydrogen-bond acceptors (Lipinski definition) is 10. The molecule has 2 unspecified atom stereocenters. The summed E-state index contributed by atoms with van der Waals surface area (Å²) in [5.74, 6) is -0.0550. The highest BCUT2D eigenvalue weighted by atomic mass is 31.1. The lowest BCUT2D eigenvalue weighted by Crippen LogP contribution is -2.52. The standard InChI is InChI=1S/C22H32N9O5P/c1-15(20(23)32)11-24-19-13-29(2)12-18(36-19)14-35-37(34)31-9-7-30(8-10-31)22(33)17-5-3-16(4-6-17)21-25-27-28-26-21/h3-6,11,18-19,24,37H,7-10,12-14H2,1-2H3,(H2,23,32)(H,25,26,27,28)/b15-11-/t18-,19?/m0/s1. The van der Waals surface area contributed by atoms with E-state index in [0.717, 1.165) is 5.56 Å². The van der Waals surface area contributed by atoms with E-state index >= 15 is 0 Å². The van der Waals surface area contributed by atoms with Crippen LogP contribution in [0.25, 0.3) is 11.4 Å². The fraction of sp³-hybridized carbons (Fsp3) is 0.500. The zero-order valence-electron chi connectivity index (χ0n) is 20.8. The minimum Gasteiger partial charge on any atom is -0.366 e. The van der Waals surface area contributed by atoms with E-state index in [1.54, 1.807) is 40.8 Å². The summed E-state index contributed by atoms with van der Waals surface area (Å²) < 4.78 is 26.2. The molecule has 200 valence electrons. The van der Waals surface area contributed by atoms with Gasteiger partial charge in [-0.3, -0.25) is 19.1 Å². The van der Waals surface area contributed by atoms with E-state index in [2.05, 4.69) is 30.8 Å². The van der Waals surface area contributed by atoms with Gasteiger partial charge < -0.3 is 25.2 Å². The van der Waals surface area contributed by atoms with Gasteiger partial charge in [0, 0.05) is 62.2 Å². The van der Waals surface area contributed by atoms with E-state index in [0.29, 0.717) is 56.2 Å². The smallest absolute Gasteiger partial charge is 0.261 e. The number of carbonyl (C=O) groups is 2. The molecular weight excluding hydrogens is 501 g/mol. The second kappa shape index (κ2) is 12.4. The predicted molar refractivity (Wildman–Crippen MR) is 134 cm³/mol. The molecule has 2 aromatic rings. The van der Waals surface area contributed by atoms with Crippen molar-refractivity contribution in [2.75, 3.05) is 52.9 Å². The highest BCUT2D eigenvalue weighted by Crippen LogP contribution is 2.30. The molecule has 0 radical (unpaired) electrons. The molecule has 14 nitrogen and oxygen atoms in total. The van der Waals surface area contributed by atoms with Gasteiger partial charge in [0.25, 0.3) is 14.1 Å². The van der Waals surface area contributed by atoms with Crippen LogP contribution in [0.15, 0.2) is 36.0 Å². The number of aromatic nitrogens is 4. The molecule has 4 N–H and O–H groups in total. The van der Waals surface area contributed by atoms with Crippen molar-refractivity contribution in [3.05, 3.63) is 41.6 Å². The molecule has 15 heteroatoms. The van der Waals surface area contributed by atoms with E-state index in [4.69, 9.17) is 15.0 Å². The van der Waals surface area contributed by atoms with Gasteiger partial charge in [-0.25, -0.2) is 9.77 Å². The molecule has 2 fully saturated rings. The third-order valence-electron chi connectivity index (χ3n) is 6.19. The van der Waals surface area contributed by atoms with Crippen molar-refractivity contribution in [1.82, 2.24) is 40.4 Å². The molecule has 0 bridgehead atoms. The van der Waals surface area contributed by atoms with Crippen molar-refractivity contribution in [3.63, 3.8) is 0 Å². The molecule has 37 heavy (non-hydrogen) atoms. The quantitative estimate of drug-likeness (QED) is 0.285. The fourth-order valence-corrected chi connectivity index (χ4v) is 5.16. The van der Waals surface area contributed by atoms with Crippen LogP contribution in [-0.2, 0) is 18.6 Å². The number of rotatable bonds is 9. The van der Waals surface area contributed by atoms with Gasteiger partial charge in [-0.2, -0.15) is 0 Å². The Kier molecular flexibility index (Phi) is 9.00. The van der Waals surface area contributed by atoms with Crippen LogP contribution < -0.4 is 11.1 Å². The van der Waals surface area contributed by atoms with Crippen LogP contribution >= 0.6 is 8.18 Å². The van der Waals surface area contributed by atoms with Crippen molar-refractivity contribution in [2.45, 2.75) is 19.3 Å². The average Bonchev–Trinajstić information content (AvgIpc) is 3.45. The van der Waals surface area contributed by atoms with Gasteiger partial charge in [0.2, 0.25) is 5.91 Å². The highest BCUT2D eigenvalue weighted by Gasteiger charge is 2.28. The van der Waals surface area contributed by atoms with E-state index < -0.39 is 14.1 Å². The Hall–Kier alpha value is -3.16. The van der Waals surface area contributed by atoms with Gasteiger partial charge in [0.15, 0.2) is 5.82 Å². The first kappa shape index (κ1) is 26.9. The number of aromatic amines is 1. The number of amides is 2. The van der Waals surface area contributed by atoms with Crippen molar-refractivity contribution >= 4 is 20.0 Å². The molecule has 1 aromatic carbocycles. The molecule has 2 amide bonds. The molecule has 4 rings (SSSR count). The lowest BCUT2D eigenvalue weighted by atomic mass is 10.1. The number of nitrogens with one attached hydrogen (secondary N) is 2. The van der Waals surface area contributed by atoms with E-state index in [1.165, 1.54) is 6.20 Å². The Morgan fingerprint density at radius 2 is 1.97 bits per heavy atom. The third-order valence-corrected chi connectivity index (χ3v) is 7.57. The van der Waals surface area contributed by atoms with Gasteiger partial charge in [-0.15, -0.1) is 5.10 Å². The number of morpholine rings is 1. The summed E-state index contributed by atoms with van der Waals surface area (Å²) in [4.78, 5) is 27.9. The third kappa shape index (κ3) is 7.21. The summed E-state index contributed by atoms with van der Waals surface area (Å²) in [6.07, 6.45) is 0.905. The largest absolute Gasteiger partial charge is 0.366 e. The van der Waals surface area contributed by atoms with E-state index in [-0.39, 0.29) is 24.8 Å². The Morgan fingerprint density at radius 1 is 1.24 bits per heavy atom. The molecule has 1 aromatic heterocycles. The van der Waals surface area contributed by atoms with Gasteiger partial charge in [-0.05, 0) is 36.5 Å². The Morgan fingerprint density at radius 3 is 2.62 bits per heavy atom. The SMILES string of the molecule is C/C(=C/NC1CN(C)C[C@@H](CO[PH](=O)N2CCN(C(=O)c3ccc(-c4nnn[nH]4)cc3)CC2)O1)C(N)=O. The summed E-state index contributed by atoms with van der Waals surface area (Å²) in [5, 5.41) is 16.7. The monoisotopic (exact) mass is 533 g/mol. The van der Waals surface area contributed by atoms with Gasteiger partial charge in [0.1, 0.15) is 6.23 Å². The average molecular weight is 534 g/mol. The van der Waals surface area contributed by atoms with E-state index in [1.807, 2.05) is 7.05 Å². The number of nitrogens with two attached hydrogens (primary N) is 1. The first-order valence-electron chi connectivity index (χ1n) is 11.9. The molecule has 0 saturated carbocycles. The lowest BCUT2D eigenvalue weighted by Gasteiger charge is -2.37.